The fourth-order valence-corrected chi connectivity index (χ4v) is 4.17. The predicted octanol–water partition coefficient (Wildman–Crippen LogP) is 6.34. The van der Waals surface area contributed by atoms with E-state index in [1.165, 1.54) is 18.9 Å². The zero-order valence-corrected chi connectivity index (χ0v) is 15.2. The molecule has 25 heavy (non-hydrogen) atoms. The number of benzene rings is 2. The van der Waals surface area contributed by atoms with Gasteiger partial charge in [0, 0.05) is 33.2 Å². The first-order valence-corrected chi connectivity index (χ1v) is 9.32. The van der Waals surface area contributed by atoms with Gasteiger partial charge < -0.3 is 4.98 Å². The van der Waals surface area contributed by atoms with Crippen LogP contribution in [0.15, 0.2) is 42.5 Å². The van der Waals surface area contributed by atoms with Crippen molar-refractivity contribution in [2.75, 3.05) is 6.54 Å². The molecule has 1 saturated heterocycles. The van der Waals surface area contributed by atoms with Gasteiger partial charge in [-0.3, -0.25) is 4.90 Å². The number of likely N-dealkylation sites (tertiary alicyclic amines) is 1. The summed E-state index contributed by atoms with van der Waals surface area (Å²) in [5.74, 6) is -0.202. The summed E-state index contributed by atoms with van der Waals surface area (Å²) in [6.07, 6.45) is 3.45. The monoisotopic (exact) mass is 376 g/mol. The average molecular weight is 377 g/mol. The van der Waals surface area contributed by atoms with E-state index >= 15 is 0 Å². The van der Waals surface area contributed by atoms with E-state index in [0.717, 1.165) is 41.7 Å². The van der Waals surface area contributed by atoms with Crippen molar-refractivity contribution in [3.8, 4) is 0 Å². The molecule has 0 saturated carbocycles. The van der Waals surface area contributed by atoms with Crippen LogP contribution >= 0.6 is 23.2 Å². The Hall–Kier alpha value is -1.55. The number of nitrogens with one attached hydrogen (secondary N) is 1. The first-order valence-electron chi connectivity index (χ1n) is 8.56. The molecule has 1 unspecified atom stereocenters. The number of halogens is 3. The molecule has 4 rings (SSSR count). The highest BCUT2D eigenvalue weighted by molar-refractivity contribution is 6.35. The molecule has 0 amide bonds. The molecule has 1 fully saturated rings. The summed E-state index contributed by atoms with van der Waals surface area (Å²) in [6, 6.07) is 12.9. The van der Waals surface area contributed by atoms with Gasteiger partial charge in [-0.15, -0.1) is 0 Å². The number of hydrogen-bond acceptors (Lipinski definition) is 1. The molecule has 2 heterocycles. The molecule has 0 aliphatic carbocycles. The van der Waals surface area contributed by atoms with Gasteiger partial charge in [0.2, 0.25) is 0 Å². The molecule has 1 aliphatic heterocycles. The molecule has 2 nitrogen and oxygen atoms in total. The third-order valence-corrected chi connectivity index (χ3v) is 5.55. The Morgan fingerprint density at radius 3 is 2.80 bits per heavy atom. The summed E-state index contributed by atoms with van der Waals surface area (Å²) in [5.41, 5.74) is 3.21. The number of aromatic nitrogens is 1. The molecule has 130 valence electrons. The standard InChI is InChI=1S/C20H19Cl2FN2/c21-15-5-4-13(17(22)11-15)12-25-8-2-1-3-20(25)19-10-14-9-16(23)6-7-18(14)24-19/h4-7,9-11,20,24H,1-3,8,12H2. The molecule has 1 N–H and O–H groups in total. The van der Waals surface area contributed by atoms with Gasteiger partial charge in [0.25, 0.3) is 0 Å². The van der Waals surface area contributed by atoms with Crippen LogP contribution in [0.5, 0.6) is 0 Å². The van der Waals surface area contributed by atoms with E-state index in [2.05, 4.69) is 16.0 Å². The minimum absolute atomic E-state index is 0.202. The fraction of sp³-hybridized carbons (Fsp3) is 0.300. The molecule has 0 radical (unpaired) electrons. The van der Waals surface area contributed by atoms with E-state index in [1.54, 1.807) is 18.2 Å². The number of nitrogens with zero attached hydrogens (tertiary/aromatic N) is 1. The lowest BCUT2D eigenvalue weighted by Crippen LogP contribution is -2.33. The lowest BCUT2D eigenvalue weighted by molar-refractivity contribution is 0.138. The van der Waals surface area contributed by atoms with Crippen molar-refractivity contribution in [2.24, 2.45) is 0 Å². The minimum Gasteiger partial charge on any atom is -0.357 e. The van der Waals surface area contributed by atoms with Gasteiger partial charge in [-0.2, -0.15) is 0 Å². The second-order valence-corrected chi connectivity index (χ2v) is 7.52. The van der Waals surface area contributed by atoms with Crippen LogP contribution in [0.25, 0.3) is 10.9 Å². The Labute approximate surface area is 156 Å². The molecule has 2 aromatic carbocycles. The van der Waals surface area contributed by atoms with E-state index in [9.17, 15) is 4.39 Å². The molecule has 0 spiro atoms. The number of H-pyrrole nitrogens is 1. The summed E-state index contributed by atoms with van der Waals surface area (Å²) < 4.78 is 13.5. The van der Waals surface area contributed by atoms with Crippen molar-refractivity contribution in [1.82, 2.24) is 9.88 Å². The van der Waals surface area contributed by atoms with Crippen molar-refractivity contribution in [3.05, 3.63) is 69.6 Å². The van der Waals surface area contributed by atoms with Crippen LogP contribution in [0.3, 0.4) is 0 Å². The molecule has 1 atom stereocenters. The van der Waals surface area contributed by atoms with Gasteiger partial charge in [0.15, 0.2) is 0 Å². The molecule has 1 aromatic heterocycles. The van der Waals surface area contributed by atoms with Crippen LogP contribution in [0.2, 0.25) is 10.0 Å². The van der Waals surface area contributed by atoms with Crippen molar-refractivity contribution in [3.63, 3.8) is 0 Å². The van der Waals surface area contributed by atoms with Crippen LogP contribution in [0.1, 0.15) is 36.6 Å². The predicted molar refractivity (Wildman–Crippen MR) is 102 cm³/mol. The maximum Gasteiger partial charge on any atom is 0.123 e. The van der Waals surface area contributed by atoms with Crippen LogP contribution in [0, 0.1) is 5.82 Å². The molecule has 1 aliphatic rings. The van der Waals surface area contributed by atoms with E-state index in [0.29, 0.717) is 10.0 Å². The van der Waals surface area contributed by atoms with E-state index in [-0.39, 0.29) is 11.9 Å². The largest absolute Gasteiger partial charge is 0.357 e. The van der Waals surface area contributed by atoms with Crippen molar-refractivity contribution in [2.45, 2.75) is 31.8 Å². The molecular formula is C20H19Cl2FN2. The van der Waals surface area contributed by atoms with Crippen LogP contribution in [-0.4, -0.2) is 16.4 Å². The summed E-state index contributed by atoms with van der Waals surface area (Å²) in [4.78, 5) is 5.91. The first kappa shape index (κ1) is 16.9. The van der Waals surface area contributed by atoms with Gasteiger partial charge in [-0.05, 0) is 61.3 Å². The fourth-order valence-electron chi connectivity index (χ4n) is 3.71. The zero-order chi connectivity index (χ0) is 17.4. The molecule has 0 bridgehead atoms. The number of piperidine rings is 1. The molecular weight excluding hydrogens is 358 g/mol. The average Bonchev–Trinajstić information content (AvgIpc) is 3.00. The Balaban J connectivity index is 1.63. The Morgan fingerprint density at radius 1 is 1.08 bits per heavy atom. The second-order valence-electron chi connectivity index (χ2n) is 6.67. The SMILES string of the molecule is Fc1ccc2[nH]c(C3CCCCN3Cc3ccc(Cl)cc3Cl)cc2c1. The maximum atomic E-state index is 13.5. The lowest BCUT2D eigenvalue weighted by atomic mass is 9.98. The van der Waals surface area contributed by atoms with Gasteiger partial charge in [-0.25, -0.2) is 4.39 Å². The third-order valence-electron chi connectivity index (χ3n) is 4.96. The Kier molecular flexibility index (Phi) is 4.72. The van der Waals surface area contributed by atoms with Crippen molar-refractivity contribution in [1.29, 1.82) is 0 Å². The normalized spacial score (nSPS) is 18.8. The first-order chi connectivity index (χ1) is 12.1. The van der Waals surface area contributed by atoms with Gasteiger partial charge in [0.05, 0.1) is 6.04 Å². The second kappa shape index (κ2) is 6.99. The van der Waals surface area contributed by atoms with E-state index in [4.69, 9.17) is 23.2 Å². The number of fused-ring (bicyclic) bond motifs is 1. The Bertz CT molecular complexity index is 906. The lowest BCUT2D eigenvalue weighted by Gasteiger charge is -2.35. The summed E-state index contributed by atoms with van der Waals surface area (Å²) >= 11 is 12.4. The van der Waals surface area contributed by atoms with E-state index < -0.39 is 0 Å². The summed E-state index contributed by atoms with van der Waals surface area (Å²) in [5, 5.41) is 2.28. The summed E-state index contributed by atoms with van der Waals surface area (Å²) in [7, 11) is 0. The smallest absolute Gasteiger partial charge is 0.123 e. The van der Waals surface area contributed by atoms with Crippen LogP contribution in [-0.2, 0) is 6.54 Å². The zero-order valence-electron chi connectivity index (χ0n) is 13.7. The minimum atomic E-state index is -0.202. The molecule has 3 aromatic rings. The molecule has 5 heteroatoms. The van der Waals surface area contributed by atoms with Crippen molar-refractivity contribution >= 4 is 34.1 Å². The number of rotatable bonds is 3. The number of aromatic amines is 1. The number of hydrogen-bond donors (Lipinski definition) is 1. The third kappa shape index (κ3) is 3.55. The highest BCUT2D eigenvalue weighted by atomic mass is 35.5. The highest BCUT2D eigenvalue weighted by Crippen LogP contribution is 2.34. The topological polar surface area (TPSA) is 19.0 Å². The summed E-state index contributed by atoms with van der Waals surface area (Å²) in [6.45, 7) is 1.80. The van der Waals surface area contributed by atoms with Gasteiger partial charge >= 0.3 is 0 Å². The van der Waals surface area contributed by atoms with Crippen LogP contribution in [0.4, 0.5) is 4.39 Å². The van der Waals surface area contributed by atoms with Crippen molar-refractivity contribution < 1.29 is 4.39 Å². The van der Waals surface area contributed by atoms with Gasteiger partial charge in [-0.1, -0.05) is 35.7 Å². The Morgan fingerprint density at radius 2 is 1.96 bits per heavy atom. The van der Waals surface area contributed by atoms with Gasteiger partial charge in [0.1, 0.15) is 5.82 Å². The van der Waals surface area contributed by atoms with E-state index in [1.807, 2.05) is 12.1 Å². The maximum absolute atomic E-state index is 13.5. The quantitative estimate of drug-likeness (QED) is 0.564. The highest BCUT2D eigenvalue weighted by Gasteiger charge is 2.26. The van der Waals surface area contributed by atoms with Crippen LogP contribution < -0.4 is 0 Å².